The second-order valence-corrected chi connectivity index (χ2v) is 6.31. The van der Waals surface area contributed by atoms with Crippen molar-refractivity contribution in [1.82, 2.24) is 10.0 Å². The molecule has 0 unspecified atom stereocenters. The van der Waals surface area contributed by atoms with Gasteiger partial charge in [0.15, 0.2) is 5.76 Å². The molecule has 0 atom stereocenters. The summed E-state index contributed by atoms with van der Waals surface area (Å²) in [5, 5.41) is 2.38. The van der Waals surface area contributed by atoms with E-state index in [-0.39, 0.29) is 10.9 Å². The zero-order valence-corrected chi connectivity index (χ0v) is 12.5. The molecule has 0 aliphatic heterocycles. The fourth-order valence-corrected chi connectivity index (χ4v) is 2.31. The SMILES string of the molecule is CNS(=O)(=O)c1ccc(C(=O)NCc2ccc(C)cc2)o1. The van der Waals surface area contributed by atoms with Crippen LogP contribution in [-0.2, 0) is 16.6 Å². The molecule has 1 amide bonds. The van der Waals surface area contributed by atoms with Crippen LogP contribution < -0.4 is 10.0 Å². The van der Waals surface area contributed by atoms with Gasteiger partial charge in [0.05, 0.1) is 0 Å². The Morgan fingerprint density at radius 1 is 1.14 bits per heavy atom. The molecule has 1 aromatic carbocycles. The Kier molecular flexibility index (Phi) is 4.44. The molecule has 0 saturated heterocycles. The Morgan fingerprint density at radius 2 is 1.81 bits per heavy atom. The number of hydrogen-bond acceptors (Lipinski definition) is 4. The first kappa shape index (κ1) is 15.3. The largest absolute Gasteiger partial charge is 0.438 e. The third kappa shape index (κ3) is 3.71. The Bertz CT molecular complexity index is 733. The number of carbonyl (C=O) groups excluding carboxylic acids is 1. The summed E-state index contributed by atoms with van der Waals surface area (Å²) >= 11 is 0. The Labute approximate surface area is 123 Å². The number of nitrogens with one attached hydrogen (secondary N) is 2. The highest BCUT2D eigenvalue weighted by Gasteiger charge is 2.19. The van der Waals surface area contributed by atoms with E-state index in [1.807, 2.05) is 31.2 Å². The molecule has 0 bridgehead atoms. The molecule has 6 nitrogen and oxygen atoms in total. The fourth-order valence-electron chi connectivity index (χ4n) is 1.66. The highest BCUT2D eigenvalue weighted by atomic mass is 32.2. The van der Waals surface area contributed by atoms with Gasteiger partial charge in [-0.3, -0.25) is 4.79 Å². The number of sulfonamides is 1. The molecule has 0 radical (unpaired) electrons. The summed E-state index contributed by atoms with van der Waals surface area (Å²) in [4.78, 5) is 11.9. The first-order valence-corrected chi connectivity index (χ1v) is 7.78. The predicted molar refractivity (Wildman–Crippen MR) is 77.3 cm³/mol. The molecule has 0 saturated carbocycles. The van der Waals surface area contributed by atoms with E-state index in [9.17, 15) is 13.2 Å². The van der Waals surface area contributed by atoms with Crippen molar-refractivity contribution in [2.24, 2.45) is 0 Å². The van der Waals surface area contributed by atoms with Gasteiger partial charge in [0.2, 0.25) is 5.09 Å². The van der Waals surface area contributed by atoms with Gasteiger partial charge in [-0.2, -0.15) is 0 Å². The van der Waals surface area contributed by atoms with Gasteiger partial charge in [0.1, 0.15) is 0 Å². The number of furan rings is 1. The van der Waals surface area contributed by atoms with Crippen molar-refractivity contribution in [2.75, 3.05) is 7.05 Å². The van der Waals surface area contributed by atoms with Crippen molar-refractivity contribution in [3.8, 4) is 0 Å². The van der Waals surface area contributed by atoms with Crippen LogP contribution in [0, 0.1) is 6.92 Å². The molecule has 2 aromatic rings. The van der Waals surface area contributed by atoms with Crippen LogP contribution in [0.25, 0.3) is 0 Å². The lowest BCUT2D eigenvalue weighted by molar-refractivity contribution is 0.0918. The van der Waals surface area contributed by atoms with Gasteiger partial charge in [0.25, 0.3) is 15.9 Å². The van der Waals surface area contributed by atoms with Crippen LogP contribution in [0.2, 0.25) is 0 Å². The summed E-state index contributed by atoms with van der Waals surface area (Å²) in [5.74, 6) is -0.510. The standard InChI is InChI=1S/C14H16N2O4S/c1-10-3-5-11(6-4-10)9-16-14(17)12-7-8-13(20-12)21(18,19)15-2/h3-8,15H,9H2,1-2H3,(H,16,17). The Balaban J connectivity index is 2.02. The van der Waals surface area contributed by atoms with Crippen LogP contribution in [0.5, 0.6) is 0 Å². The molecule has 112 valence electrons. The summed E-state index contributed by atoms with van der Waals surface area (Å²) in [7, 11) is -2.41. The quantitative estimate of drug-likeness (QED) is 0.874. The molecule has 0 aliphatic carbocycles. The number of aryl methyl sites for hydroxylation is 1. The van der Waals surface area contributed by atoms with Gasteiger partial charge in [0, 0.05) is 6.54 Å². The molecule has 0 fully saturated rings. The van der Waals surface area contributed by atoms with Crippen LogP contribution in [-0.4, -0.2) is 21.4 Å². The maximum absolute atomic E-state index is 11.9. The smallest absolute Gasteiger partial charge is 0.287 e. The summed E-state index contributed by atoms with van der Waals surface area (Å²) in [6, 6.07) is 10.3. The van der Waals surface area contributed by atoms with E-state index in [4.69, 9.17) is 4.42 Å². The average Bonchev–Trinajstić information content (AvgIpc) is 2.97. The molecule has 1 aromatic heterocycles. The van der Waals surface area contributed by atoms with Crippen molar-refractivity contribution < 1.29 is 17.6 Å². The Morgan fingerprint density at radius 3 is 2.43 bits per heavy atom. The summed E-state index contributed by atoms with van der Waals surface area (Å²) in [5.41, 5.74) is 2.08. The minimum Gasteiger partial charge on any atom is -0.438 e. The first-order chi connectivity index (χ1) is 9.92. The lowest BCUT2D eigenvalue weighted by Crippen LogP contribution is -2.22. The highest BCUT2D eigenvalue weighted by Crippen LogP contribution is 2.13. The third-order valence-corrected chi connectivity index (χ3v) is 4.20. The van der Waals surface area contributed by atoms with Crippen molar-refractivity contribution in [1.29, 1.82) is 0 Å². The topological polar surface area (TPSA) is 88.4 Å². The lowest BCUT2D eigenvalue weighted by Gasteiger charge is -2.04. The summed E-state index contributed by atoms with van der Waals surface area (Å²) in [6.45, 7) is 2.32. The van der Waals surface area contributed by atoms with Crippen LogP contribution >= 0.6 is 0 Å². The predicted octanol–water partition coefficient (Wildman–Crippen LogP) is 1.43. The summed E-state index contributed by atoms with van der Waals surface area (Å²) in [6.07, 6.45) is 0. The zero-order chi connectivity index (χ0) is 15.5. The fraction of sp³-hybridized carbons (Fsp3) is 0.214. The van der Waals surface area contributed by atoms with Gasteiger partial charge in [-0.1, -0.05) is 29.8 Å². The zero-order valence-electron chi connectivity index (χ0n) is 11.7. The van der Waals surface area contributed by atoms with E-state index < -0.39 is 15.9 Å². The van der Waals surface area contributed by atoms with Crippen molar-refractivity contribution in [3.05, 3.63) is 53.3 Å². The van der Waals surface area contributed by atoms with Gasteiger partial charge in [-0.15, -0.1) is 0 Å². The van der Waals surface area contributed by atoms with Gasteiger partial charge >= 0.3 is 0 Å². The summed E-state index contributed by atoms with van der Waals surface area (Å²) < 4.78 is 30.2. The monoisotopic (exact) mass is 308 g/mol. The molecule has 2 rings (SSSR count). The number of amides is 1. The molecular formula is C14H16N2O4S. The molecule has 2 N–H and O–H groups in total. The van der Waals surface area contributed by atoms with E-state index in [0.29, 0.717) is 6.54 Å². The van der Waals surface area contributed by atoms with Crippen LogP contribution in [0.4, 0.5) is 0 Å². The van der Waals surface area contributed by atoms with E-state index in [1.54, 1.807) is 0 Å². The van der Waals surface area contributed by atoms with Crippen LogP contribution in [0.1, 0.15) is 21.7 Å². The van der Waals surface area contributed by atoms with E-state index in [1.165, 1.54) is 19.2 Å². The second-order valence-electron chi connectivity index (χ2n) is 4.49. The normalized spacial score (nSPS) is 11.3. The third-order valence-electron chi connectivity index (χ3n) is 2.91. The minimum absolute atomic E-state index is 0.0454. The Hall–Kier alpha value is -2.12. The van der Waals surface area contributed by atoms with Gasteiger partial charge < -0.3 is 9.73 Å². The lowest BCUT2D eigenvalue weighted by atomic mass is 10.1. The molecule has 1 heterocycles. The minimum atomic E-state index is -3.68. The van der Waals surface area contributed by atoms with Crippen molar-refractivity contribution in [3.63, 3.8) is 0 Å². The number of benzene rings is 1. The average molecular weight is 308 g/mol. The van der Waals surface area contributed by atoms with E-state index in [2.05, 4.69) is 10.0 Å². The maximum Gasteiger partial charge on any atom is 0.287 e. The number of rotatable bonds is 5. The van der Waals surface area contributed by atoms with Crippen molar-refractivity contribution in [2.45, 2.75) is 18.6 Å². The van der Waals surface area contributed by atoms with Crippen LogP contribution in [0.15, 0.2) is 45.9 Å². The molecular weight excluding hydrogens is 292 g/mol. The van der Waals surface area contributed by atoms with E-state index in [0.717, 1.165) is 11.1 Å². The highest BCUT2D eigenvalue weighted by molar-refractivity contribution is 7.89. The van der Waals surface area contributed by atoms with Gasteiger partial charge in [-0.05, 0) is 31.7 Å². The molecule has 0 aliphatic rings. The first-order valence-electron chi connectivity index (χ1n) is 6.29. The molecule has 0 spiro atoms. The van der Waals surface area contributed by atoms with Crippen molar-refractivity contribution >= 4 is 15.9 Å². The maximum atomic E-state index is 11.9. The van der Waals surface area contributed by atoms with Gasteiger partial charge in [-0.25, -0.2) is 13.1 Å². The molecule has 7 heteroatoms. The van der Waals surface area contributed by atoms with E-state index >= 15 is 0 Å². The number of carbonyl (C=O) groups is 1. The second kappa shape index (κ2) is 6.11. The molecule has 21 heavy (non-hydrogen) atoms. The number of hydrogen-bond donors (Lipinski definition) is 2. The van der Waals surface area contributed by atoms with Crippen LogP contribution in [0.3, 0.4) is 0 Å².